The van der Waals surface area contributed by atoms with Crippen molar-refractivity contribution >= 4 is 17.1 Å². The van der Waals surface area contributed by atoms with Gasteiger partial charge in [0.1, 0.15) is 25.1 Å². The van der Waals surface area contributed by atoms with Crippen molar-refractivity contribution in [2.45, 2.75) is 72.1 Å². The minimum atomic E-state index is 0.561. The van der Waals surface area contributed by atoms with E-state index >= 15 is 0 Å². The number of aryl methyl sites for hydroxylation is 3. The third-order valence-electron chi connectivity index (χ3n) is 6.66. The summed E-state index contributed by atoms with van der Waals surface area (Å²) < 4.78 is 0. The van der Waals surface area contributed by atoms with E-state index in [-0.39, 0.29) is 0 Å². The molecule has 2 heterocycles. The quantitative estimate of drug-likeness (QED) is 0.386. The molecule has 0 unspecified atom stereocenters. The maximum atomic E-state index is 5.78. The maximum absolute atomic E-state index is 5.78. The summed E-state index contributed by atoms with van der Waals surface area (Å²) in [5, 5.41) is 8.72. The molecule has 0 amide bonds. The molecule has 4 rings (SSSR count). The molecular weight excluding hydrogens is 426 g/mol. The molecule has 0 radical (unpaired) electrons. The second-order valence-electron chi connectivity index (χ2n) is 8.99. The smallest absolute Gasteiger partial charge is 0.117 e. The molecule has 2 aliphatic rings. The van der Waals surface area contributed by atoms with Crippen LogP contribution in [0.25, 0.3) is 0 Å². The van der Waals surface area contributed by atoms with Crippen LogP contribution in [-0.4, -0.2) is 48.2 Å². The molecule has 0 aliphatic heterocycles. The molecule has 7 nitrogen and oxygen atoms in total. The van der Waals surface area contributed by atoms with E-state index in [4.69, 9.17) is 19.6 Å². The fourth-order valence-corrected chi connectivity index (χ4v) is 4.98. The summed E-state index contributed by atoms with van der Waals surface area (Å²) in [6.45, 7) is 9.01. The van der Waals surface area contributed by atoms with Gasteiger partial charge in [-0.15, -0.1) is 0 Å². The SMILES string of the molecule is CCN(CC)c1cc(C)nc2c1CCC/C2=N\OCCCc1ccc2c(n1)/C(=N/OC)CCC2. The van der Waals surface area contributed by atoms with Crippen molar-refractivity contribution in [3.8, 4) is 0 Å². The lowest BCUT2D eigenvalue weighted by molar-refractivity contribution is 0.141. The molecule has 2 aliphatic carbocycles. The summed E-state index contributed by atoms with van der Waals surface area (Å²) in [6.07, 6.45) is 7.81. The number of anilines is 1. The Balaban J connectivity index is 1.39. The first-order chi connectivity index (χ1) is 16.6. The summed E-state index contributed by atoms with van der Waals surface area (Å²) in [6, 6.07) is 6.52. The van der Waals surface area contributed by atoms with Gasteiger partial charge in [0.25, 0.3) is 0 Å². The first-order valence-corrected chi connectivity index (χ1v) is 12.7. The lowest BCUT2D eigenvalue weighted by Crippen LogP contribution is -2.26. The van der Waals surface area contributed by atoms with Crippen LogP contribution in [0.15, 0.2) is 28.5 Å². The normalized spacial score (nSPS) is 17.4. The van der Waals surface area contributed by atoms with E-state index in [1.54, 1.807) is 7.11 Å². The zero-order chi connectivity index (χ0) is 23.9. The van der Waals surface area contributed by atoms with Gasteiger partial charge >= 0.3 is 0 Å². The second kappa shape index (κ2) is 11.4. The van der Waals surface area contributed by atoms with Crippen molar-refractivity contribution in [3.63, 3.8) is 0 Å². The number of aromatic nitrogens is 2. The number of hydrogen-bond acceptors (Lipinski definition) is 7. The molecular formula is C27H37N5O2. The van der Waals surface area contributed by atoms with Crippen LogP contribution in [0.3, 0.4) is 0 Å². The Bertz CT molecular complexity index is 1060. The molecule has 7 heteroatoms. The number of pyridine rings is 2. The van der Waals surface area contributed by atoms with E-state index in [0.29, 0.717) is 6.61 Å². The fraction of sp³-hybridized carbons (Fsp3) is 0.556. The Hall–Kier alpha value is -2.96. The summed E-state index contributed by atoms with van der Waals surface area (Å²) >= 11 is 0. The predicted octanol–water partition coefficient (Wildman–Crippen LogP) is 5.01. The van der Waals surface area contributed by atoms with Crippen molar-refractivity contribution in [3.05, 3.63) is 52.1 Å². The highest BCUT2D eigenvalue weighted by atomic mass is 16.6. The van der Waals surface area contributed by atoms with Crippen molar-refractivity contribution in [1.29, 1.82) is 0 Å². The van der Waals surface area contributed by atoms with Gasteiger partial charge in [-0.25, -0.2) is 0 Å². The predicted molar refractivity (Wildman–Crippen MR) is 137 cm³/mol. The van der Waals surface area contributed by atoms with Gasteiger partial charge in [-0.2, -0.15) is 0 Å². The van der Waals surface area contributed by atoms with Crippen LogP contribution >= 0.6 is 0 Å². The average molecular weight is 464 g/mol. The average Bonchev–Trinajstić information content (AvgIpc) is 2.85. The molecule has 0 saturated heterocycles. The second-order valence-corrected chi connectivity index (χ2v) is 8.99. The van der Waals surface area contributed by atoms with E-state index < -0.39 is 0 Å². The summed E-state index contributed by atoms with van der Waals surface area (Å²) in [7, 11) is 1.59. The largest absolute Gasteiger partial charge is 0.399 e. The number of oxime groups is 2. The Morgan fingerprint density at radius 1 is 0.941 bits per heavy atom. The van der Waals surface area contributed by atoms with Gasteiger partial charge in [-0.05, 0) is 89.8 Å². The van der Waals surface area contributed by atoms with Gasteiger partial charge in [-0.1, -0.05) is 16.4 Å². The molecule has 0 N–H and O–H groups in total. The monoisotopic (exact) mass is 463 g/mol. The number of rotatable bonds is 9. The highest BCUT2D eigenvalue weighted by Gasteiger charge is 2.23. The van der Waals surface area contributed by atoms with Gasteiger partial charge in [0.05, 0.1) is 11.4 Å². The molecule has 34 heavy (non-hydrogen) atoms. The lowest BCUT2D eigenvalue weighted by atomic mass is 9.92. The summed E-state index contributed by atoms with van der Waals surface area (Å²) in [4.78, 5) is 22.9. The molecule has 0 spiro atoms. The van der Waals surface area contributed by atoms with Crippen LogP contribution in [0.1, 0.15) is 79.9 Å². The summed E-state index contributed by atoms with van der Waals surface area (Å²) in [5.41, 5.74) is 9.92. The highest BCUT2D eigenvalue weighted by molar-refractivity contribution is 6.02. The molecule has 0 aromatic carbocycles. The molecule has 0 saturated carbocycles. The van der Waals surface area contributed by atoms with Gasteiger partial charge in [-0.3, -0.25) is 9.97 Å². The Morgan fingerprint density at radius 2 is 1.71 bits per heavy atom. The number of nitrogens with zero attached hydrogens (tertiary/aromatic N) is 5. The molecule has 2 aromatic heterocycles. The van der Waals surface area contributed by atoms with Crippen molar-refractivity contribution in [2.75, 3.05) is 31.7 Å². The minimum absolute atomic E-state index is 0.561. The number of hydrogen-bond donors (Lipinski definition) is 0. The van der Waals surface area contributed by atoms with E-state index in [0.717, 1.165) is 98.7 Å². The fourth-order valence-electron chi connectivity index (χ4n) is 4.98. The van der Waals surface area contributed by atoms with Crippen LogP contribution in [0, 0.1) is 6.92 Å². The molecule has 0 fully saturated rings. The number of fused-ring (bicyclic) bond motifs is 2. The first-order valence-electron chi connectivity index (χ1n) is 12.7. The maximum Gasteiger partial charge on any atom is 0.117 e. The van der Waals surface area contributed by atoms with Gasteiger partial charge in [0.15, 0.2) is 0 Å². The van der Waals surface area contributed by atoms with E-state index in [1.807, 2.05) is 0 Å². The van der Waals surface area contributed by atoms with Crippen LogP contribution < -0.4 is 4.90 Å². The minimum Gasteiger partial charge on any atom is -0.399 e. The van der Waals surface area contributed by atoms with E-state index in [1.165, 1.54) is 16.8 Å². The van der Waals surface area contributed by atoms with E-state index in [9.17, 15) is 0 Å². The molecule has 182 valence electrons. The van der Waals surface area contributed by atoms with Crippen molar-refractivity contribution < 1.29 is 9.68 Å². The topological polar surface area (TPSA) is 72.2 Å². The van der Waals surface area contributed by atoms with Crippen LogP contribution in [0.2, 0.25) is 0 Å². The summed E-state index contributed by atoms with van der Waals surface area (Å²) in [5.74, 6) is 0. The van der Waals surface area contributed by atoms with E-state index in [2.05, 4.69) is 54.2 Å². The molecule has 2 aromatic rings. The van der Waals surface area contributed by atoms with Gasteiger partial charge in [0.2, 0.25) is 0 Å². The zero-order valence-corrected chi connectivity index (χ0v) is 21.1. The van der Waals surface area contributed by atoms with Gasteiger partial charge < -0.3 is 14.6 Å². The van der Waals surface area contributed by atoms with Crippen molar-refractivity contribution in [2.24, 2.45) is 10.3 Å². The van der Waals surface area contributed by atoms with Crippen LogP contribution in [0.5, 0.6) is 0 Å². The zero-order valence-electron chi connectivity index (χ0n) is 21.1. The van der Waals surface area contributed by atoms with Crippen LogP contribution in [-0.2, 0) is 28.9 Å². The lowest BCUT2D eigenvalue weighted by Gasteiger charge is -2.28. The Morgan fingerprint density at radius 3 is 2.47 bits per heavy atom. The van der Waals surface area contributed by atoms with Crippen molar-refractivity contribution in [1.82, 2.24) is 9.97 Å². The standard InChI is InChI=1S/C27H37N5O2/c1-5-32(6-2)25-18-19(3)28-27-22(25)12-8-14-24(27)31-34-17-9-11-21-16-15-20-10-7-13-23(30-33-4)26(20)29-21/h15-16,18H,5-14,17H2,1-4H3/b30-23+,31-24+. The highest BCUT2D eigenvalue weighted by Crippen LogP contribution is 2.30. The Kier molecular flexibility index (Phi) is 8.14. The van der Waals surface area contributed by atoms with Crippen LogP contribution in [0.4, 0.5) is 5.69 Å². The molecule has 0 atom stereocenters. The Labute approximate surface area is 203 Å². The third-order valence-corrected chi connectivity index (χ3v) is 6.66. The molecule has 0 bridgehead atoms. The third kappa shape index (κ3) is 5.40. The first kappa shape index (κ1) is 24.2. The van der Waals surface area contributed by atoms with Gasteiger partial charge in [0, 0.05) is 35.7 Å².